The van der Waals surface area contributed by atoms with Gasteiger partial charge in [0.25, 0.3) is 0 Å². The van der Waals surface area contributed by atoms with E-state index in [2.05, 4.69) is 96.2 Å². The van der Waals surface area contributed by atoms with E-state index in [1.165, 1.54) is 32.9 Å². The zero-order chi connectivity index (χ0) is 18.8. The summed E-state index contributed by atoms with van der Waals surface area (Å²) in [6.45, 7) is 5.29. The Morgan fingerprint density at radius 3 is 2.30 bits per heavy atom. The summed E-state index contributed by atoms with van der Waals surface area (Å²) in [4.78, 5) is 4.57. The minimum Gasteiger partial charge on any atom is -0.341 e. The molecule has 134 valence electrons. The first kappa shape index (κ1) is 17.3. The van der Waals surface area contributed by atoms with Crippen LogP contribution in [0.2, 0.25) is 0 Å². The standard InChI is InChI=1S/C25H24N2/c1-4-27-24-13-9-8-12-21(24)22-15-14-20(17-25(22)27)23(26-3)16-18(2)19-10-6-5-7-11-19/h5-17H,4H2,1-3H3/b18-16-,26-23?. The molecule has 0 unspecified atom stereocenters. The number of aryl methyl sites for hydroxylation is 1. The lowest BCUT2D eigenvalue weighted by Crippen LogP contribution is -1.99. The first-order valence-corrected chi connectivity index (χ1v) is 9.44. The summed E-state index contributed by atoms with van der Waals surface area (Å²) in [5.74, 6) is 0. The molecule has 0 saturated carbocycles. The lowest BCUT2D eigenvalue weighted by molar-refractivity contribution is 0.827. The van der Waals surface area contributed by atoms with Gasteiger partial charge in [0.1, 0.15) is 0 Å². The summed E-state index contributed by atoms with van der Waals surface area (Å²) in [6, 6.07) is 25.8. The number of hydrogen-bond acceptors (Lipinski definition) is 1. The van der Waals surface area contributed by atoms with Gasteiger partial charge in [-0.2, -0.15) is 0 Å². The molecule has 0 fully saturated rings. The normalized spacial score (nSPS) is 12.9. The second-order valence-corrected chi connectivity index (χ2v) is 6.80. The number of aromatic nitrogens is 1. The van der Waals surface area contributed by atoms with Gasteiger partial charge in [0, 0.05) is 41.0 Å². The highest BCUT2D eigenvalue weighted by Crippen LogP contribution is 2.30. The zero-order valence-corrected chi connectivity index (χ0v) is 16.1. The molecule has 0 spiro atoms. The molecule has 2 heteroatoms. The predicted molar refractivity (Wildman–Crippen MR) is 118 cm³/mol. The highest BCUT2D eigenvalue weighted by molar-refractivity contribution is 6.15. The van der Waals surface area contributed by atoms with Gasteiger partial charge in [-0.3, -0.25) is 4.99 Å². The van der Waals surface area contributed by atoms with Gasteiger partial charge in [0.15, 0.2) is 0 Å². The second-order valence-electron chi connectivity index (χ2n) is 6.80. The highest BCUT2D eigenvalue weighted by atomic mass is 15.0. The summed E-state index contributed by atoms with van der Waals surface area (Å²) in [5, 5.41) is 2.61. The number of para-hydroxylation sites is 1. The zero-order valence-electron chi connectivity index (χ0n) is 16.1. The van der Waals surface area contributed by atoms with Crippen molar-refractivity contribution >= 4 is 33.1 Å². The minimum atomic E-state index is 0.949. The molecule has 2 nitrogen and oxygen atoms in total. The van der Waals surface area contributed by atoms with Gasteiger partial charge in [-0.25, -0.2) is 0 Å². The number of fused-ring (bicyclic) bond motifs is 3. The van der Waals surface area contributed by atoms with Gasteiger partial charge in [0.2, 0.25) is 0 Å². The highest BCUT2D eigenvalue weighted by Gasteiger charge is 2.11. The molecule has 1 aromatic heterocycles. The van der Waals surface area contributed by atoms with Crippen molar-refractivity contribution in [1.82, 2.24) is 4.57 Å². The molecular formula is C25H24N2. The van der Waals surface area contributed by atoms with E-state index in [-0.39, 0.29) is 0 Å². The molecule has 0 aliphatic heterocycles. The Kier molecular flexibility index (Phi) is 4.64. The molecule has 4 rings (SSSR count). The lowest BCUT2D eigenvalue weighted by Gasteiger charge is -2.07. The van der Waals surface area contributed by atoms with Crippen LogP contribution in [-0.4, -0.2) is 17.3 Å². The monoisotopic (exact) mass is 352 g/mol. The number of allylic oxidation sites excluding steroid dienone is 2. The van der Waals surface area contributed by atoms with E-state index < -0.39 is 0 Å². The van der Waals surface area contributed by atoms with Crippen LogP contribution >= 0.6 is 0 Å². The van der Waals surface area contributed by atoms with Crippen LogP contribution in [0.4, 0.5) is 0 Å². The molecule has 0 bridgehead atoms. The third kappa shape index (κ3) is 3.08. The van der Waals surface area contributed by atoms with E-state index >= 15 is 0 Å². The summed E-state index contributed by atoms with van der Waals surface area (Å²) >= 11 is 0. The molecule has 0 saturated heterocycles. The maximum atomic E-state index is 4.57. The van der Waals surface area contributed by atoms with Crippen molar-refractivity contribution in [1.29, 1.82) is 0 Å². The fourth-order valence-electron chi connectivity index (χ4n) is 3.82. The molecule has 0 atom stereocenters. The third-order valence-electron chi connectivity index (χ3n) is 5.21. The van der Waals surface area contributed by atoms with Gasteiger partial charge in [-0.15, -0.1) is 0 Å². The van der Waals surface area contributed by atoms with Crippen LogP contribution in [0.15, 0.2) is 83.9 Å². The molecule has 3 aromatic carbocycles. The van der Waals surface area contributed by atoms with E-state index in [1.807, 2.05) is 13.1 Å². The summed E-state index contributed by atoms with van der Waals surface area (Å²) in [5.41, 5.74) is 7.15. The number of rotatable bonds is 4. The average molecular weight is 352 g/mol. The molecular weight excluding hydrogens is 328 g/mol. The van der Waals surface area contributed by atoms with Crippen LogP contribution in [0.3, 0.4) is 0 Å². The summed E-state index contributed by atoms with van der Waals surface area (Å²) in [6.07, 6.45) is 2.18. The van der Waals surface area contributed by atoms with Gasteiger partial charge in [-0.1, -0.05) is 60.7 Å². The van der Waals surface area contributed by atoms with Gasteiger partial charge < -0.3 is 4.57 Å². The largest absolute Gasteiger partial charge is 0.341 e. The summed E-state index contributed by atoms with van der Waals surface area (Å²) < 4.78 is 2.38. The number of benzene rings is 3. The number of hydrogen-bond donors (Lipinski definition) is 0. The Hall–Kier alpha value is -3.13. The third-order valence-corrected chi connectivity index (χ3v) is 5.21. The second kappa shape index (κ2) is 7.24. The van der Waals surface area contributed by atoms with E-state index in [0.29, 0.717) is 0 Å². The van der Waals surface area contributed by atoms with E-state index in [4.69, 9.17) is 0 Å². The molecule has 0 N–H and O–H groups in total. The maximum absolute atomic E-state index is 4.57. The van der Waals surface area contributed by atoms with Crippen molar-refractivity contribution in [3.63, 3.8) is 0 Å². The lowest BCUT2D eigenvalue weighted by atomic mass is 10.0. The van der Waals surface area contributed by atoms with Crippen LogP contribution < -0.4 is 0 Å². The average Bonchev–Trinajstić information content (AvgIpc) is 3.05. The Labute approximate surface area is 160 Å². The number of nitrogens with zero attached hydrogens (tertiary/aromatic N) is 2. The Bertz CT molecular complexity index is 1160. The van der Waals surface area contributed by atoms with Crippen LogP contribution in [0.5, 0.6) is 0 Å². The van der Waals surface area contributed by atoms with Crippen molar-refractivity contribution in [3.05, 3.63) is 90.0 Å². The first-order valence-electron chi connectivity index (χ1n) is 9.44. The molecule has 0 aliphatic carbocycles. The quantitative estimate of drug-likeness (QED) is 0.381. The van der Waals surface area contributed by atoms with Crippen LogP contribution in [0.25, 0.3) is 27.4 Å². The van der Waals surface area contributed by atoms with Gasteiger partial charge in [-0.05, 0) is 43.2 Å². The maximum Gasteiger partial charge on any atom is 0.0646 e. The SMILES string of the molecule is CCn1c2ccccc2c2ccc(C(/C=C(/C)c3ccccc3)=NC)cc21. The number of aliphatic imine (C=N–C) groups is 1. The Morgan fingerprint density at radius 2 is 1.56 bits per heavy atom. The topological polar surface area (TPSA) is 17.3 Å². The van der Waals surface area contributed by atoms with Crippen LogP contribution in [0, 0.1) is 0 Å². The smallest absolute Gasteiger partial charge is 0.0646 e. The summed E-state index contributed by atoms with van der Waals surface area (Å²) in [7, 11) is 1.86. The molecule has 27 heavy (non-hydrogen) atoms. The fraction of sp³-hybridized carbons (Fsp3) is 0.160. The first-order chi connectivity index (χ1) is 13.2. The van der Waals surface area contributed by atoms with E-state index in [9.17, 15) is 0 Å². The fourth-order valence-corrected chi connectivity index (χ4v) is 3.82. The molecule has 0 aliphatic rings. The van der Waals surface area contributed by atoms with E-state index in [1.54, 1.807) is 0 Å². The predicted octanol–water partition coefficient (Wildman–Crippen LogP) is 6.34. The Balaban J connectivity index is 1.84. The molecule has 4 aromatic rings. The molecule has 0 amide bonds. The van der Waals surface area contributed by atoms with E-state index in [0.717, 1.165) is 17.8 Å². The minimum absolute atomic E-state index is 0.949. The van der Waals surface area contributed by atoms with Crippen molar-refractivity contribution in [3.8, 4) is 0 Å². The van der Waals surface area contributed by atoms with Crippen molar-refractivity contribution < 1.29 is 0 Å². The van der Waals surface area contributed by atoms with Crippen molar-refractivity contribution in [2.45, 2.75) is 20.4 Å². The van der Waals surface area contributed by atoms with Gasteiger partial charge in [0.05, 0.1) is 5.71 Å². The Morgan fingerprint density at radius 1 is 0.852 bits per heavy atom. The van der Waals surface area contributed by atoms with Gasteiger partial charge >= 0.3 is 0 Å². The molecule has 0 radical (unpaired) electrons. The molecule has 1 heterocycles. The van der Waals surface area contributed by atoms with Crippen LogP contribution in [0.1, 0.15) is 25.0 Å². The van der Waals surface area contributed by atoms with Crippen LogP contribution in [-0.2, 0) is 6.54 Å². The van der Waals surface area contributed by atoms with Crippen molar-refractivity contribution in [2.24, 2.45) is 4.99 Å². The van der Waals surface area contributed by atoms with Crippen molar-refractivity contribution in [2.75, 3.05) is 7.05 Å².